The van der Waals surface area contributed by atoms with Crippen molar-refractivity contribution in [2.24, 2.45) is 0 Å². The largest absolute Gasteiger partial charge is 0.313 e. The first-order valence-electron chi connectivity index (χ1n) is 6.16. The van der Waals surface area contributed by atoms with E-state index in [1.807, 2.05) is 11.8 Å². The summed E-state index contributed by atoms with van der Waals surface area (Å²) < 4.78 is 0. The Labute approximate surface area is 108 Å². The van der Waals surface area contributed by atoms with Crippen LogP contribution in [0, 0.1) is 11.3 Å². The van der Waals surface area contributed by atoms with Crippen molar-refractivity contribution in [3.63, 3.8) is 0 Å². The molecular weight excluding hydrogens is 228 g/mol. The first kappa shape index (κ1) is 14.1. The van der Waals surface area contributed by atoms with Crippen LogP contribution in [0.15, 0.2) is 29.2 Å². The maximum Gasteiger partial charge on any atom is 0.0622 e. The molecule has 1 aromatic carbocycles. The van der Waals surface area contributed by atoms with Gasteiger partial charge in [-0.2, -0.15) is 5.26 Å². The van der Waals surface area contributed by atoms with Gasteiger partial charge in [-0.25, -0.2) is 0 Å². The number of hydrogen-bond acceptors (Lipinski definition) is 3. The molecule has 0 unspecified atom stereocenters. The lowest BCUT2D eigenvalue weighted by Crippen LogP contribution is -2.13. The number of nitrogens with zero attached hydrogens (tertiary/aromatic N) is 1. The molecule has 0 heterocycles. The summed E-state index contributed by atoms with van der Waals surface area (Å²) in [6.45, 7) is 4.20. The van der Waals surface area contributed by atoms with Gasteiger partial charge in [0.05, 0.1) is 6.07 Å². The molecule has 0 aromatic heterocycles. The predicted molar refractivity (Wildman–Crippen MR) is 74.0 cm³/mol. The van der Waals surface area contributed by atoms with Crippen molar-refractivity contribution in [2.75, 3.05) is 12.3 Å². The highest BCUT2D eigenvalue weighted by Crippen LogP contribution is 2.19. The van der Waals surface area contributed by atoms with Crippen LogP contribution in [-0.2, 0) is 6.54 Å². The highest BCUT2D eigenvalue weighted by molar-refractivity contribution is 7.99. The molecule has 1 N–H and O–H groups in total. The lowest BCUT2D eigenvalue weighted by Gasteiger charge is -2.05. The second-order valence-electron chi connectivity index (χ2n) is 3.93. The summed E-state index contributed by atoms with van der Waals surface area (Å²) in [4.78, 5) is 1.29. The third-order valence-corrected chi connectivity index (χ3v) is 3.48. The van der Waals surface area contributed by atoms with Gasteiger partial charge in [-0.15, -0.1) is 11.8 Å². The fraction of sp³-hybridized carbons (Fsp3) is 0.500. The molecule has 1 aromatic rings. The monoisotopic (exact) mass is 248 g/mol. The van der Waals surface area contributed by atoms with Crippen molar-refractivity contribution in [3.05, 3.63) is 29.8 Å². The van der Waals surface area contributed by atoms with Crippen LogP contribution in [0.1, 0.15) is 31.7 Å². The van der Waals surface area contributed by atoms with Crippen LogP contribution in [0.2, 0.25) is 0 Å². The number of benzene rings is 1. The van der Waals surface area contributed by atoms with Gasteiger partial charge >= 0.3 is 0 Å². The van der Waals surface area contributed by atoms with Crippen LogP contribution < -0.4 is 5.32 Å². The van der Waals surface area contributed by atoms with E-state index in [2.05, 4.69) is 42.6 Å². The summed E-state index contributed by atoms with van der Waals surface area (Å²) in [6, 6.07) is 10.9. The van der Waals surface area contributed by atoms with Crippen LogP contribution in [0.4, 0.5) is 0 Å². The average molecular weight is 248 g/mol. The zero-order valence-corrected chi connectivity index (χ0v) is 11.2. The van der Waals surface area contributed by atoms with Gasteiger partial charge in [0, 0.05) is 17.9 Å². The summed E-state index contributed by atoms with van der Waals surface area (Å²) in [5.41, 5.74) is 1.33. The minimum Gasteiger partial charge on any atom is -0.313 e. The lowest BCUT2D eigenvalue weighted by atomic mass is 10.2. The topological polar surface area (TPSA) is 35.8 Å². The lowest BCUT2D eigenvalue weighted by molar-refractivity contribution is 0.675. The molecule has 3 heteroatoms. The first-order valence-corrected chi connectivity index (χ1v) is 7.14. The van der Waals surface area contributed by atoms with Gasteiger partial charge in [0.25, 0.3) is 0 Å². The second-order valence-corrected chi connectivity index (χ2v) is 5.10. The molecule has 0 aliphatic heterocycles. The van der Waals surface area contributed by atoms with Gasteiger partial charge in [-0.05, 0) is 42.8 Å². The van der Waals surface area contributed by atoms with Crippen molar-refractivity contribution in [3.8, 4) is 6.07 Å². The Bertz CT molecular complexity index is 340. The fourth-order valence-corrected chi connectivity index (χ4v) is 2.31. The van der Waals surface area contributed by atoms with Crippen molar-refractivity contribution in [1.29, 1.82) is 5.26 Å². The summed E-state index contributed by atoms with van der Waals surface area (Å²) in [6.07, 6.45) is 2.81. The van der Waals surface area contributed by atoms with Gasteiger partial charge in [0.15, 0.2) is 0 Å². The Hall–Kier alpha value is -0.980. The Balaban J connectivity index is 2.27. The Morgan fingerprint density at radius 2 is 2.06 bits per heavy atom. The average Bonchev–Trinajstić information content (AvgIpc) is 2.37. The van der Waals surface area contributed by atoms with E-state index in [9.17, 15) is 0 Å². The molecule has 0 amide bonds. The van der Waals surface area contributed by atoms with E-state index in [1.54, 1.807) is 0 Å². The second kappa shape index (κ2) is 9.09. The molecule has 0 saturated carbocycles. The van der Waals surface area contributed by atoms with E-state index in [4.69, 9.17) is 5.26 Å². The number of unbranched alkanes of at least 4 members (excludes halogenated alkanes) is 1. The summed E-state index contributed by atoms with van der Waals surface area (Å²) in [5, 5.41) is 11.8. The normalized spacial score (nSPS) is 10.1. The minimum atomic E-state index is 0.659. The molecule has 1 rings (SSSR count). The van der Waals surface area contributed by atoms with Gasteiger partial charge in [0.2, 0.25) is 0 Å². The van der Waals surface area contributed by atoms with E-state index in [0.29, 0.717) is 6.42 Å². The van der Waals surface area contributed by atoms with Crippen molar-refractivity contribution in [1.82, 2.24) is 5.32 Å². The molecule has 0 aliphatic rings. The molecule has 0 fully saturated rings. The zero-order chi connectivity index (χ0) is 12.3. The number of thioether (sulfide) groups is 1. The van der Waals surface area contributed by atoms with Gasteiger partial charge < -0.3 is 5.32 Å². The Kier molecular flexibility index (Phi) is 7.53. The maximum absolute atomic E-state index is 8.44. The molecule has 0 radical (unpaired) electrons. The third-order valence-electron chi connectivity index (χ3n) is 2.38. The Morgan fingerprint density at radius 1 is 1.29 bits per heavy atom. The number of nitrogens with one attached hydrogen (secondary N) is 1. The predicted octanol–water partition coefficient (Wildman–Crippen LogP) is 3.58. The minimum absolute atomic E-state index is 0.659. The molecule has 0 saturated heterocycles. The maximum atomic E-state index is 8.44. The van der Waals surface area contributed by atoms with Crippen LogP contribution in [0.3, 0.4) is 0 Å². The summed E-state index contributed by atoms with van der Waals surface area (Å²) in [7, 11) is 0. The van der Waals surface area contributed by atoms with E-state index in [-0.39, 0.29) is 0 Å². The third kappa shape index (κ3) is 6.35. The first-order chi connectivity index (χ1) is 8.36. The van der Waals surface area contributed by atoms with Crippen LogP contribution in [0.5, 0.6) is 0 Å². The fourth-order valence-electron chi connectivity index (χ4n) is 1.45. The van der Waals surface area contributed by atoms with Crippen molar-refractivity contribution in [2.45, 2.75) is 37.6 Å². The molecule has 2 nitrogen and oxygen atoms in total. The molecule has 0 bridgehead atoms. The zero-order valence-electron chi connectivity index (χ0n) is 10.4. The molecule has 17 heavy (non-hydrogen) atoms. The smallest absolute Gasteiger partial charge is 0.0622 e. The number of rotatable bonds is 8. The van der Waals surface area contributed by atoms with Gasteiger partial charge in [0.1, 0.15) is 0 Å². The molecule has 0 atom stereocenters. The standard InChI is InChI=1S/C14H20N2S/c1-2-10-16-12-13-5-7-14(8-6-13)17-11-4-3-9-15/h5-8,16H,2-4,10-12H2,1H3. The van der Waals surface area contributed by atoms with Crippen LogP contribution >= 0.6 is 11.8 Å². The van der Waals surface area contributed by atoms with E-state index < -0.39 is 0 Å². The van der Waals surface area contributed by atoms with Crippen molar-refractivity contribution >= 4 is 11.8 Å². The van der Waals surface area contributed by atoms with Gasteiger partial charge in [-0.1, -0.05) is 19.1 Å². The summed E-state index contributed by atoms with van der Waals surface area (Å²) in [5.74, 6) is 1.03. The highest BCUT2D eigenvalue weighted by Gasteiger charge is 1.95. The quantitative estimate of drug-likeness (QED) is 0.564. The van der Waals surface area contributed by atoms with E-state index >= 15 is 0 Å². The Morgan fingerprint density at radius 3 is 2.71 bits per heavy atom. The van der Waals surface area contributed by atoms with E-state index in [0.717, 1.165) is 25.3 Å². The van der Waals surface area contributed by atoms with E-state index in [1.165, 1.54) is 16.9 Å². The molecule has 92 valence electrons. The molecular formula is C14H20N2S. The van der Waals surface area contributed by atoms with Crippen LogP contribution in [-0.4, -0.2) is 12.3 Å². The molecule has 0 aliphatic carbocycles. The number of hydrogen-bond donors (Lipinski definition) is 1. The van der Waals surface area contributed by atoms with Gasteiger partial charge in [-0.3, -0.25) is 0 Å². The van der Waals surface area contributed by atoms with Crippen molar-refractivity contribution < 1.29 is 0 Å². The number of nitriles is 1. The molecule has 0 spiro atoms. The SMILES string of the molecule is CCCNCc1ccc(SCCCC#N)cc1. The highest BCUT2D eigenvalue weighted by atomic mass is 32.2. The summed E-state index contributed by atoms with van der Waals surface area (Å²) >= 11 is 1.83. The van der Waals surface area contributed by atoms with Crippen LogP contribution in [0.25, 0.3) is 0 Å².